The van der Waals surface area contributed by atoms with Crippen LogP contribution in [0.3, 0.4) is 0 Å². The van der Waals surface area contributed by atoms with E-state index in [1.807, 2.05) is 32.0 Å². The minimum absolute atomic E-state index is 0.146. The van der Waals surface area contributed by atoms with Crippen LogP contribution in [0.4, 0.5) is 5.69 Å². The highest BCUT2D eigenvalue weighted by molar-refractivity contribution is 7.99. The smallest absolute Gasteiger partial charge is 0.277 e. The summed E-state index contributed by atoms with van der Waals surface area (Å²) < 4.78 is 11.3. The molecule has 0 spiro atoms. The Hall–Kier alpha value is -2.22. The van der Waals surface area contributed by atoms with Crippen LogP contribution in [-0.2, 0) is 4.79 Å². The molecular formula is C20H19Cl2N3O3S. The van der Waals surface area contributed by atoms with Crippen molar-refractivity contribution < 1.29 is 13.9 Å². The monoisotopic (exact) mass is 451 g/mol. The van der Waals surface area contributed by atoms with Gasteiger partial charge in [-0.05, 0) is 62.2 Å². The van der Waals surface area contributed by atoms with Gasteiger partial charge < -0.3 is 14.5 Å². The fraction of sp³-hybridized carbons (Fsp3) is 0.250. The second-order valence-corrected chi connectivity index (χ2v) is 8.15. The van der Waals surface area contributed by atoms with Crippen molar-refractivity contribution in [3.8, 4) is 5.75 Å². The van der Waals surface area contributed by atoms with E-state index in [9.17, 15) is 4.79 Å². The van der Waals surface area contributed by atoms with Crippen LogP contribution in [-0.4, -0.2) is 21.9 Å². The lowest BCUT2D eigenvalue weighted by molar-refractivity contribution is -0.113. The number of nitrogens with one attached hydrogen (secondary N) is 1. The zero-order valence-electron chi connectivity index (χ0n) is 16.0. The SMILES string of the molecule is Cc1ccc(NC(=O)CSc2nnc([C@@H](C)Oc3ccc(Cl)cc3Cl)o2)cc1C. The largest absolute Gasteiger partial charge is 0.479 e. The Balaban J connectivity index is 1.54. The lowest BCUT2D eigenvalue weighted by atomic mass is 10.1. The summed E-state index contributed by atoms with van der Waals surface area (Å²) in [5.41, 5.74) is 3.05. The summed E-state index contributed by atoms with van der Waals surface area (Å²) in [6.07, 6.45) is -0.514. The molecule has 1 amide bonds. The van der Waals surface area contributed by atoms with Gasteiger partial charge >= 0.3 is 0 Å². The number of rotatable bonds is 7. The topological polar surface area (TPSA) is 77.2 Å². The first-order chi connectivity index (χ1) is 13.8. The number of carbonyl (C=O) groups is 1. The maximum absolute atomic E-state index is 12.2. The molecule has 9 heteroatoms. The molecule has 0 aliphatic rings. The van der Waals surface area contributed by atoms with Crippen molar-refractivity contribution in [1.29, 1.82) is 0 Å². The van der Waals surface area contributed by atoms with E-state index in [4.69, 9.17) is 32.4 Å². The van der Waals surface area contributed by atoms with Gasteiger partial charge in [-0.25, -0.2) is 0 Å². The van der Waals surface area contributed by atoms with Crippen molar-refractivity contribution in [3.05, 3.63) is 63.5 Å². The Morgan fingerprint density at radius 2 is 1.97 bits per heavy atom. The first-order valence-corrected chi connectivity index (χ1v) is 10.5. The van der Waals surface area contributed by atoms with E-state index in [0.717, 1.165) is 23.0 Å². The Morgan fingerprint density at radius 3 is 2.69 bits per heavy atom. The quantitative estimate of drug-likeness (QED) is 0.452. The highest BCUT2D eigenvalue weighted by Crippen LogP contribution is 2.31. The number of hydrogen-bond donors (Lipinski definition) is 1. The molecule has 3 rings (SSSR count). The van der Waals surface area contributed by atoms with E-state index in [1.165, 1.54) is 5.56 Å². The van der Waals surface area contributed by atoms with Crippen molar-refractivity contribution >= 4 is 46.6 Å². The number of thioether (sulfide) groups is 1. The zero-order valence-corrected chi connectivity index (χ0v) is 18.4. The predicted molar refractivity (Wildman–Crippen MR) is 115 cm³/mol. The van der Waals surface area contributed by atoms with Gasteiger partial charge in [0, 0.05) is 10.7 Å². The van der Waals surface area contributed by atoms with Crippen molar-refractivity contribution in [2.75, 3.05) is 11.1 Å². The lowest BCUT2D eigenvalue weighted by Crippen LogP contribution is -2.14. The minimum atomic E-state index is -0.514. The molecule has 0 aliphatic carbocycles. The third kappa shape index (κ3) is 5.88. The summed E-state index contributed by atoms with van der Waals surface area (Å²) in [6.45, 7) is 5.79. The zero-order chi connectivity index (χ0) is 21.0. The number of aromatic nitrogens is 2. The highest BCUT2D eigenvalue weighted by Gasteiger charge is 2.18. The molecular weight excluding hydrogens is 433 g/mol. The molecule has 29 heavy (non-hydrogen) atoms. The van der Waals surface area contributed by atoms with Gasteiger partial charge in [0.1, 0.15) is 5.75 Å². The summed E-state index contributed by atoms with van der Waals surface area (Å²) in [4.78, 5) is 12.2. The molecule has 152 valence electrons. The minimum Gasteiger partial charge on any atom is -0.479 e. The molecule has 0 aliphatic heterocycles. The number of nitrogens with zero attached hydrogens (tertiary/aromatic N) is 2. The molecule has 3 aromatic rings. The average Bonchev–Trinajstić information content (AvgIpc) is 3.14. The van der Waals surface area contributed by atoms with Gasteiger partial charge in [0.15, 0.2) is 6.10 Å². The number of aryl methyl sites for hydroxylation is 2. The normalized spacial score (nSPS) is 11.9. The number of hydrogen-bond acceptors (Lipinski definition) is 6. The van der Waals surface area contributed by atoms with E-state index in [-0.39, 0.29) is 22.8 Å². The van der Waals surface area contributed by atoms with E-state index >= 15 is 0 Å². The van der Waals surface area contributed by atoms with Gasteiger partial charge in [-0.3, -0.25) is 4.79 Å². The number of benzene rings is 2. The second-order valence-electron chi connectivity index (χ2n) is 6.38. The molecule has 1 aromatic heterocycles. The Morgan fingerprint density at radius 1 is 1.17 bits per heavy atom. The van der Waals surface area contributed by atoms with Crippen LogP contribution >= 0.6 is 35.0 Å². The second kappa shape index (κ2) is 9.52. The third-order valence-corrected chi connectivity index (χ3v) is 5.43. The molecule has 0 saturated carbocycles. The molecule has 0 radical (unpaired) electrons. The molecule has 0 unspecified atom stereocenters. The fourth-order valence-electron chi connectivity index (χ4n) is 2.40. The van der Waals surface area contributed by atoms with Gasteiger partial charge in [-0.2, -0.15) is 0 Å². The average molecular weight is 452 g/mol. The highest BCUT2D eigenvalue weighted by atomic mass is 35.5. The van der Waals surface area contributed by atoms with Crippen molar-refractivity contribution in [3.63, 3.8) is 0 Å². The molecule has 1 heterocycles. The van der Waals surface area contributed by atoms with E-state index in [2.05, 4.69) is 15.5 Å². The fourth-order valence-corrected chi connectivity index (χ4v) is 3.42. The van der Waals surface area contributed by atoms with Gasteiger partial charge in [0.2, 0.25) is 5.91 Å². The molecule has 0 fully saturated rings. The van der Waals surface area contributed by atoms with Crippen LogP contribution < -0.4 is 10.1 Å². The molecule has 2 aromatic carbocycles. The molecule has 1 N–H and O–H groups in total. The first-order valence-electron chi connectivity index (χ1n) is 8.77. The molecule has 0 bridgehead atoms. The maximum atomic E-state index is 12.2. The first kappa shape index (κ1) is 21.5. The predicted octanol–water partition coefficient (Wildman–Crippen LogP) is 5.86. The van der Waals surface area contributed by atoms with Crippen LogP contribution in [0.25, 0.3) is 0 Å². The van der Waals surface area contributed by atoms with Gasteiger partial charge in [-0.1, -0.05) is 41.0 Å². The molecule has 0 saturated heterocycles. The Kier molecular flexibility index (Phi) is 7.05. The van der Waals surface area contributed by atoms with Gasteiger partial charge in [-0.15, -0.1) is 10.2 Å². The Bertz CT molecular complexity index is 1030. The van der Waals surface area contributed by atoms with Crippen molar-refractivity contribution in [2.45, 2.75) is 32.1 Å². The summed E-state index contributed by atoms with van der Waals surface area (Å²) in [6, 6.07) is 10.7. The number of ether oxygens (including phenoxy) is 1. The van der Waals surface area contributed by atoms with Gasteiger partial charge in [0.25, 0.3) is 11.1 Å². The summed E-state index contributed by atoms with van der Waals surface area (Å²) in [7, 11) is 0. The van der Waals surface area contributed by atoms with Gasteiger partial charge in [0.05, 0.1) is 10.8 Å². The summed E-state index contributed by atoms with van der Waals surface area (Å²) in [5.74, 6) is 0.736. The van der Waals surface area contributed by atoms with Crippen LogP contribution in [0, 0.1) is 13.8 Å². The Labute approximate surface area is 182 Å². The number of amides is 1. The maximum Gasteiger partial charge on any atom is 0.277 e. The lowest BCUT2D eigenvalue weighted by Gasteiger charge is -2.12. The summed E-state index contributed by atoms with van der Waals surface area (Å²) in [5, 5.41) is 12.0. The standard InChI is InChI=1S/C20H19Cl2N3O3S/c1-11-4-6-15(8-12(11)2)23-18(26)10-29-20-25-24-19(28-20)13(3)27-17-7-5-14(21)9-16(17)22/h4-9,13H,10H2,1-3H3,(H,23,26)/t13-/m1/s1. The molecule has 1 atom stereocenters. The number of anilines is 1. The van der Waals surface area contributed by atoms with Crippen LogP contribution in [0.1, 0.15) is 30.0 Å². The number of carbonyl (C=O) groups excluding carboxylic acids is 1. The van der Waals surface area contributed by atoms with Crippen molar-refractivity contribution in [2.24, 2.45) is 0 Å². The van der Waals surface area contributed by atoms with E-state index in [1.54, 1.807) is 25.1 Å². The van der Waals surface area contributed by atoms with Crippen LogP contribution in [0.2, 0.25) is 10.0 Å². The van der Waals surface area contributed by atoms with Crippen LogP contribution in [0.15, 0.2) is 46.0 Å². The van der Waals surface area contributed by atoms with Crippen molar-refractivity contribution in [1.82, 2.24) is 10.2 Å². The number of halogens is 2. The molecule has 6 nitrogen and oxygen atoms in total. The van der Waals surface area contributed by atoms with Crippen LogP contribution in [0.5, 0.6) is 5.75 Å². The third-order valence-electron chi connectivity index (χ3n) is 4.08. The summed E-state index contributed by atoms with van der Waals surface area (Å²) >= 11 is 13.1. The van der Waals surface area contributed by atoms with E-state index < -0.39 is 6.10 Å². The van der Waals surface area contributed by atoms with E-state index in [0.29, 0.717) is 15.8 Å².